The van der Waals surface area contributed by atoms with Crippen LogP contribution in [0.2, 0.25) is 0 Å². The van der Waals surface area contributed by atoms with E-state index in [2.05, 4.69) is 32.1 Å². The van der Waals surface area contributed by atoms with Crippen molar-refractivity contribution in [1.29, 1.82) is 0 Å². The number of esters is 2. The Morgan fingerprint density at radius 2 is 1.76 bits per heavy atom. The molecule has 0 radical (unpaired) electrons. The molecule has 0 N–H and O–H groups in total. The maximum absolute atomic E-state index is 13.0. The average Bonchev–Trinajstić information content (AvgIpc) is 2.77. The van der Waals surface area contributed by atoms with E-state index >= 15 is 0 Å². The highest BCUT2D eigenvalue weighted by Gasteiger charge is 2.43. The summed E-state index contributed by atoms with van der Waals surface area (Å²) in [6.45, 7) is 16.5. The van der Waals surface area contributed by atoms with Crippen molar-refractivity contribution in [2.45, 2.75) is 118 Å². The Bertz CT molecular complexity index is 824. The lowest BCUT2D eigenvalue weighted by Crippen LogP contribution is -2.43. The summed E-state index contributed by atoms with van der Waals surface area (Å²) >= 11 is 1.75. The number of hydrogen-bond acceptors (Lipinski definition) is 6. The zero-order chi connectivity index (χ0) is 28.0. The molecular formula is C31H52O5S. The molecule has 0 saturated carbocycles. The first-order valence-corrected chi connectivity index (χ1v) is 15.7. The first-order chi connectivity index (χ1) is 17.2. The molecule has 1 fully saturated rings. The summed E-state index contributed by atoms with van der Waals surface area (Å²) < 4.78 is 18.1. The van der Waals surface area contributed by atoms with Gasteiger partial charge in [0.2, 0.25) is 0 Å². The zero-order valence-electron chi connectivity index (χ0n) is 25.0. The predicted molar refractivity (Wildman–Crippen MR) is 154 cm³/mol. The molecule has 1 saturated heterocycles. The van der Waals surface area contributed by atoms with Gasteiger partial charge in [0.15, 0.2) is 0 Å². The summed E-state index contributed by atoms with van der Waals surface area (Å²) in [5.74, 6) is 1.02. The van der Waals surface area contributed by atoms with Crippen LogP contribution in [0.15, 0.2) is 23.8 Å². The van der Waals surface area contributed by atoms with Crippen molar-refractivity contribution in [2.24, 2.45) is 29.1 Å². The third-order valence-electron chi connectivity index (χ3n) is 7.85. The highest BCUT2D eigenvalue weighted by Crippen LogP contribution is 2.45. The molecule has 3 rings (SSSR count). The second kappa shape index (κ2) is 13.7. The summed E-state index contributed by atoms with van der Waals surface area (Å²) in [6.07, 6.45) is 15.0. The lowest BCUT2D eigenvalue weighted by atomic mass is 9.65. The average molecular weight is 537 g/mol. The fourth-order valence-electron chi connectivity index (χ4n) is 5.65. The number of thioether (sulfide) groups is 1. The molecule has 3 aliphatic rings. The van der Waals surface area contributed by atoms with E-state index < -0.39 is 5.41 Å². The van der Waals surface area contributed by atoms with Crippen LogP contribution in [0.3, 0.4) is 0 Å². The Morgan fingerprint density at radius 1 is 1.11 bits per heavy atom. The number of carbonyl (C=O) groups is 2. The Balaban J connectivity index is 0.00000153. The van der Waals surface area contributed by atoms with Crippen LogP contribution in [0, 0.1) is 29.1 Å². The van der Waals surface area contributed by atoms with E-state index in [1.807, 2.05) is 54.1 Å². The molecule has 37 heavy (non-hydrogen) atoms. The molecule has 1 heterocycles. The number of hydrogen-bond donors (Lipinski definition) is 0. The minimum Gasteiger partial charge on any atom is -0.462 e. The summed E-state index contributed by atoms with van der Waals surface area (Å²) in [5, 5.41) is 0. The molecule has 0 amide bonds. The molecular weight excluding hydrogens is 484 g/mol. The molecule has 0 aromatic carbocycles. The summed E-state index contributed by atoms with van der Waals surface area (Å²) in [7, 11) is 0. The topological polar surface area (TPSA) is 61.8 Å². The van der Waals surface area contributed by atoms with Crippen LogP contribution in [0.4, 0.5) is 0 Å². The number of allylic oxidation sites excluding steroid dienone is 3. The van der Waals surface area contributed by atoms with Crippen molar-refractivity contribution in [3.63, 3.8) is 0 Å². The van der Waals surface area contributed by atoms with E-state index in [0.29, 0.717) is 24.2 Å². The second-order valence-electron chi connectivity index (χ2n) is 12.9. The van der Waals surface area contributed by atoms with E-state index in [0.717, 1.165) is 32.1 Å². The smallest absolute Gasteiger partial charge is 0.311 e. The molecule has 0 aromatic rings. The van der Waals surface area contributed by atoms with Crippen LogP contribution in [0.5, 0.6) is 0 Å². The van der Waals surface area contributed by atoms with Gasteiger partial charge in [-0.3, -0.25) is 9.59 Å². The van der Waals surface area contributed by atoms with E-state index in [9.17, 15) is 9.59 Å². The van der Waals surface area contributed by atoms with Gasteiger partial charge in [-0.1, -0.05) is 39.0 Å². The highest BCUT2D eigenvalue weighted by molar-refractivity contribution is 7.97. The number of cyclic esters (lactones) is 1. The van der Waals surface area contributed by atoms with Crippen LogP contribution in [-0.2, 0) is 23.8 Å². The van der Waals surface area contributed by atoms with Crippen molar-refractivity contribution in [3.8, 4) is 0 Å². The molecule has 1 aliphatic heterocycles. The Kier molecular flexibility index (Phi) is 11.8. The molecule has 0 spiro atoms. The first-order valence-electron chi connectivity index (χ1n) is 14.1. The van der Waals surface area contributed by atoms with Gasteiger partial charge in [0.1, 0.15) is 12.2 Å². The Labute approximate surface area is 230 Å². The second-order valence-corrected chi connectivity index (χ2v) is 13.7. The highest BCUT2D eigenvalue weighted by atomic mass is 32.2. The lowest BCUT2D eigenvalue weighted by Gasteiger charge is -2.44. The largest absolute Gasteiger partial charge is 0.462 e. The van der Waals surface area contributed by atoms with Crippen molar-refractivity contribution < 1.29 is 23.8 Å². The molecule has 0 aromatic heterocycles. The van der Waals surface area contributed by atoms with Gasteiger partial charge >= 0.3 is 11.9 Å². The van der Waals surface area contributed by atoms with Crippen LogP contribution >= 0.6 is 11.8 Å². The fourth-order valence-corrected chi connectivity index (χ4v) is 5.65. The van der Waals surface area contributed by atoms with E-state index in [4.69, 9.17) is 14.2 Å². The molecule has 0 bridgehead atoms. The minimum atomic E-state index is -0.478. The normalized spacial score (nSPS) is 31.9. The first kappa shape index (κ1) is 31.9. The number of ether oxygens (including phenoxy) is 3. The number of rotatable bonds is 7. The van der Waals surface area contributed by atoms with Crippen molar-refractivity contribution in [3.05, 3.63) is 23.8 Å². The Morgan fingerprint density at radius 3 is 2.35 bits per heavy atom. The lowest BCUT2D eigenvalue weighted by molar-refractivity contribution is -0.172. The number of carbonyl (C=O) groups excluding carboxylic acids is 2. The van der Waals surface area contributed by atoms with Crippen LogP contribution < -0.4 is 0 Å². The standard InChI is InChI=1S/C29H46O5.C2H6S/c1-9-29(7,8)27(31)33-24-15-18(2)14-20-11-10-19(3)23(26(20)24)13-12-21-16-22(17-25(30)32-21)34-28(4,5)6;1-3-2/h10-11,14,18-19,21-24,26H,9,12-13,15-17H2,1-8H3;1-2H3/t18-,19?,21+,22?,23?,24-,26?;/m0./s1. The van der Waals surface area contributed by atoms with Gasteiger partial charge in [-0.15, -0.1) is 0 Å². The van der Waals surface area contributed by atoms with Gasteiger partial charge < -0.3 is 14.2 Å². The quantitative estimate of drug-likeness (QED) is 0.316. The fraction of sp³-hybridized carbons (Fsp3) is 0.806. The summed E-state index contributed by atoms with van der Waals surface area (Å²) in [5.41, 5.74) is 0.537. The van der Waals surface area contributed by atoms with Crippen LogP contribution in [0.1, 0.15) is 93.9 Å². The minimum absolute atomic E-state index is 0.0918. The van der Waals surface area contributed by atoms with Gasteiger partial charge in [-0.2, -0.15) is 11.8 Å². The van der Waals surface area contributed by atoms with Crippen molar-refractivity contribution in [2.75, 3.05) is 12.5 Å². The number of fused-ring (bicyclic) bond motifs is 1. The molecule has 2 aliphatic carbocycles. The third kappa shape index (κ3) is 9.45. The van der Waals surface area contributed by atoms with Gasteiger partial charge in [0.05, 0.1) is 23.5 Å². The Hall–Kier alpha value is -1.27. The maximum Gasteiger partial charge on any atom is 0.311 e. The monoisotopic (exact) mass is 536 g/mol. The summed E-state index contributed by atoms with van der Waals surface area (Å²) in [4.78, 5) is 25.3. The van der Waals surface area contributed by atoms with Gasteiger partial charge in [0.25, 0.3) is 0 Å². The predicted octanol–water partition coefficient (Wildman–Crippen LogP) is 7.39. The molecule has 7 atom stereocenters. The maximum atomic E-state index is 13.0. The van der Waals surface area contributed by atoms with E-state index in [-0.39, 0.29) is 41.8 Å². The van der Waals surface area contributed by atoms with Gasteiger partial charge in [0, 0.05) is 12.3 Å². The third-order valence-corrected chi connectivity index (χ3v) is 7.85. The molecule has 212 valence electrons. The summed E-state index contributed by atoms with van der Waals surface area (Å²) in [6, 6.07) is 0. The van der Waals surface area contributed by atoms with Crippen molar-refractivity contribution >= 4 is 23.7 Å². The molecule has 5 nitrogen and oxygen atoms in total. The van der Waals surface area contributed by atoms with E-state index in [1.54, 1.807) is 11.8 Å². The van der Waals surface area contributed by atoms with Crippen LogP contribution in [0.25, 0.3) is 0 Å². The van der Waals surface area contributed by atoms with Gasteiger partial charge in [-0.25, -0.2) is 0 Å². The van der Waals surface area contributed by atoms with Gasteiger partial charge in [-0.05, 0) is 96.1 Å². The molecule has 4 unspecified atom stereocenters. The SMILES string of the molecule is CCC(C)(C)C(=O)O[C@H]1C[C@@H](C)C=C2C=CC(C)C(CC[C@@H]3CC(OC(C)(C)C)CC(=O)O3)C21.CSC. The van der Waals surface area contributed by atoms with Crippen molar-refractivity contribution in [1.82, 2.24) is 0 Å². The molecule has 6 heteroatoms. The van der Waals surface area contributed by atoms with E-state index in [1.165, 1.54) is 5.57 Å². The van der Waals surface area contributed by atoms with Crippen LogP contribution in [-0.4, -0.2) is 48.4 Å². The zero-order valence-corrected chi connectivity index (χ0v) is 25.8.